The third-order valence-corrected chi connectivity index (χ3v) is 22.1. The number of phosphoric acid groups is 2. The lowest BCUT2D eigenvalue weighted by atomic mass is 9.99. The Morgan fingerprint density at radius 3 is 0.696 bits per heavy atom. The van der Waals surface area contributed by atoms with E-state index in [-0.39, 0.29) is 25.7 Å². The van der Waals surface area contributed by atoms with Gasteiger partial charge in [0.2, 0.25) is 0 Å². The molecular weight excluding hydrogens is 1330 g/mol. The highest BCUT2D eigenvalue weighted by molar-refractivity contribution is 7.47. The van der Waals surface area contributed by atoms with Gasteiger partial charge >= 0.3 is 39.5 Å². The Morgan fingerprint density at radius 2 is 0.471 bits per heavy atom. The van der Waals surface area contributed by atoms with Gasteiger partial charge in [-0.2, -0.15) is 0 Å². The maximum atomic E-state index is 13.1. The van der Waals surface area contributed by atoms with Crippen molar-refractivity contribution >= 4 is 39.5 Å². The lowest BCUT2D eigenvalue weighted by Crippen LogP contribution is -2.30. The molecule has 0 saturated heterocycles. The van der Waals surface area contributed by atoms with Gasteiger partial charge in [-0.15, -0.1) is 0 Å². The number of esters is 4. The van der Waals surface area contributed by atoms with E-state index in [0.29, 0.717) is 25.7 Å². The van der Waals surface area contributed by atoms with Crippen LogP contribution in [0.1, 0.15) is 440 Å². The summed E-state index contributed by atoms with van der Waals surface area (Å²) in [4.78, 5) is 73.0. The van der Waals surface area contributed by atoms with E-state index in [1.165, 1.54) is 257 Å². The number of aliphatic hydroxyl groups excluding tert-OH is 1. The third-order valence-electron chi connectivity index (χ3n) is 20.2. The number of phosphoric ester groups is 2. The highest BCUT2D eigenvalue weighted by Crippen LogP contribution is 2.45. The first-order valence-corrected chi connectivity index (χ1v) is 46.1. The van der Waals surface area contributed by atoms with Gasteiger partial charge in [0.1, 0.15) is 19.3 Å². The van der Waals surface area contributed by atoms with Gasteiger partial charge in [-0.1, -0.05) is 388 Å². The topological polar surface area (TPSA) is 237 Å². The summed E-state index contributed by atoms with van der Waals surface area (Å²) in [5.41, 5.74) is 0. The van der Waals surface area contributed by atoms with E-state index in [1.54, 1.807) is 0 Å². The average Bonchev–Trinajstić information content (AvgIpc) is 0.926. The quantitative estimate of drug-likeness (QED) is 0.0222. The van der Waals surface area contributed by atoms with Crippen LogP contribution in [0.5, 0.6) is 0 Å². The van der Waals surface area contributed by atoms with E-state index in [2.05, 4.69) is 41.5 Å². The predicted octanol–water partition coefficient (Wildman–Crippen LogP) is 25.1. The minimum absolute atomic E-state index is 0.105. The summed E-state index contributed by atoms with van der Waals surface area (Å²) >= 11 is 0. The van der Waals surface area contributed by atoms with Gasteiger partial charge in [-0.05, 0) is 37.5 Å². The van der Waals surface area contributed by atoms with E-state index in [4.69, 9.17) is 37.0 Å². The molecule has 0 rings (SSSR count). The van der Waals surface area contributed by atoms with Crippen LogP contribution in [0.2, 0.25) is 0 Å². The molecule has 0 bridgehead atoms. The van der Waals surface area contributed by atoms with Crippen molar-refractivity contribution in [3.63, 3.8) is 0 Å². The molecule has 0 heterocycles. The zero-order valence-corrected chi connectivity index (χ0v) is 68.7. The second kappa shape index (κ2) is 74.5. The van der Waals surface area contributed by atoms with Crippen molar-refractivity contribution in [2.45, 2.75) is 458 Å². The zero-order chi connectivity index (χ0) is 74.9. The van der Waals surface area contributed by atoms with Crippen LogP contribution in [0, 0.1) is 11.8 Å². The number of hydrogen-bond acceptors (Lipinski definition) is 15. The molecule has 102 heavy (non-hydrogen) atoms. The van der Waals surface area contributed by atoms with Crippen LogP contribution < -0.4 is 0 Å². The van der Waals surface area contributed by atoms with E-state index < -0.39 is 97.5 Å². The normalized spacial score (nSPS) is 14.4. The Morgan fingerprint density at radius 1 is 0.275 bits per heavy atom. The molecule has 7 atom stereocenters. The first-order valence-electron chi connectivity index (χ1n) is 43.1. The van der Waals surface area contributed by atoms with E-state index in [9.17, 15) is 43.2 Å². The summed E-state index contributed by atoms with van der Waals surface area (Å²) in [5.74, 6) is -0.489. The highest BCUT2D eigenvalue weighted by atomic mass is 31.2. The third kappa shape index (κ3) is 73.6. The number of carbonyl (C=O) groups is 4. The summed E-state index contributed by atoms with van der Waals surface area (Å²) < 4.78 is 68.7. The van der Waals surface area contributed by atoms with Gasteiger partial charge < -0.3 is 33.8 Å². The fraction of sp³-hybridized carbons (Fsp3) is 0.952. The molecule has 0 aliphatic carbocycles. The Kier molecular flexibility index (Phi) is 73.1. The van der Waals surface area contributed by atoms with Crippen LogP contribution in [0.25, 0.3) is 0 Å². The van der Waals surface area contributed by atoms with E-state index >= 15 is 0 Å². The highest BCUT2D eigenvalue weighted by Gasteiger charge is 2.30. The molecule has 19 heteroatoms. The molecule has 4 unspecified atom stereocenters. The van der Waals surface area contributed by atoms with Crippen molar-refractivity contribution in [2.75, 3.05) is 39.6 Å². The smallest absolute Gasteiger partial charge is 0.462 e. The molecule has 17 nitrogen and oxygen atoms in total. The molecule has 0 amide bonds. The molecule has 0 aliphatic rings. The van der Waals surface area contributed by atoms with Crippen LogP contribution in [0.3, 0.4) is 0 Å². The fourth-order valence-electron chi connectivity index (χ4n) is 12.8. The molecule has 3 N–H and O–H groups in total. The largest absolute Gasteiger partial charge is 0.472 e. The van der Waals surface area contributed by atoms with Gasteiger partial charge in [0.15, 0.2) is 12.2 Å². The maximum Gasteiger partial charge on any atom is 0.472 e. The molecule has 0 aliphatic heterocycles. The first kappa shape index (κ1) is 100. The predicted molar refractivity (Wildman–Crippen MR) is 418 cm³/mol. The van der Waals surface area contributed by atoms with Crippen molar-refractivity contribution < 1.29 is 80.2 Å². The number of unbranched alkanes of at least 4 members (excludes halogenated alkanes) is 50. The Labute approximate surface area is 626 Å². The van der Waals surface area contributed by atoms with Crippen molar-refractivity contribution in [3.05, 3.63) is 0 Å². The zero-order valence-electron chi connectivity index (χ0n) is 66.9. The van der Waals surface area contributed by atoms with Crippen LogP contribution in [-0.4, -0.2) is 96.7 Å². The molecular formula is C83H162O17P2. The molecule has 0 aromatic heterocycles. The van der Waals surface area contributed by atoms with Gasteiger partial charge in [-0.3, -0.25) is 37.3 Å². The number of carbonyl (C=O) groups excluding carboxylic acids is 4. The summed E-state index contributed by atoms with van der Waals surface area (Å²) in [6.45, 7) is 9.68. The number of ether oxygens (including phenoxy) is 4. The Bertz CT molecular complexity index is 1960. The van der Waals surface area contributed by atoms with Gasteiger partial charge in [0, 0.05) is 25.7 Å². The molecule has 0 aromatic carbocycles. The van der Waals surface area contributed by atoms with E-state index in [0.717, 1.165) is 102 Å². The molecule has 0 saturated carbocycles. The lowest BCUT2D eigenvalue weighted by molar-refractivity contribution is -0.161. The summed E-state index contributed by atoms with van der Waals surface area (Å²) in [6.07, 6.45) is 65.2. The molecule has 606 valence electrons. The standard InChI is InChI=1S/C83H162O17P2/c1-7-11-13-15-17-19-21-22-23-24-25-26-27-28-29-30-35-38-42-49-55-61-67-82(87)99-78(71-94-81(86)66-60-54-48-41-37-34-32-31-33-36-39-45-51-57-63-75(5)9-3)73-97-101(89,90)95-69-77(84)70-96-102(91,92)98-74-79(72-93-80(85)65-59-53-47-40-20-18-16-14-12-8-2)100-83(88)68-62-56-50-44-43-46-52-58-64-76(6)10-4/h75-79,84H,7-74H2,1-6H3,(H,89,90)(H,91,92)/t75?,76?,77-,78-,79-/m1/s1. The summed E-state index contributed by atoms with van der Waals surface area (Å²) in [5, 5.41) is 10.6. The number of rotatable bonds is 82. The summed E-state index contributed by atoms with van der Waals surface area (Å²) in [7, 11) is -9.92. The van der Waals surface area contributed by atoms with E-state index in [1.807, 2.05) is 0 Å². The van der Waals surface area contributed by atoms with Gasteiger partial charge in [-0.25, -0.2) is 9.13 Å². The number of hydrogen-bond donors (Lipinski definition) is 3. The maximum absolute atomic E-state index is 13.1. The summed E-state index contributed by atoms with van der Waals surface area (Å²) in [6, 6.07) is 0. The minimum Gasteiger partial charge on any atom is -0.462 e. The molecule has 0 spiro atoms. The van der Waals surface area contributed by atoms with Gasteiger partial charge in [0.05, 0.1) is 26.4 Å². The minimum atomic E-state index is -4.96. The average molecular weight is 1490 g/mol. The first-order chi connectivity index (χ1) is 49.4. The van der Waals surface area contributed by atoms with Gasteiger partial charge in [0.25, 0.3) is 0 Å². The fourth-order valence-corrected chi connectivity index (χ4v) is 14.4. The Hall–Kier alpha value is -1.94. The van der Waals surface area contributed by atoms with Crippen LogP contribution >= 0.6 is 15.6 Å². The molecule has 0 fully saturated rings. The van der Waals surface area contributed by atoms with Crippen molar-refractivity contribution in [2.24, 2.45) is 11.8 Å². The monoisotopic (exact) mass is 1490 g/mol. The van der Waals surface area contributed by atoms with Crippen molar-refractivity contribution in [1.82, 2.24) is 0 Å². The second-order valence-corrected chi connectivity index (χ2v) is 33.3. The molecule has 0 aromatic rings. The van der Waals surface area contributed by atoms with Crippen LogP contribution in [-0.2, 0) is 65.4 Å². The SMILES string of the molecule is CCCCCCCCCCCCCCCCCCCCCCCCC(=O)O[C@H](COC(=O)CCCCCCCCCCCCCCCCC(C)CC)COP(=O)(O)OC[C@@H](O)COP(=O)(O)OC[C@@H](COC(=O)CCCCCCCCCCCC)OC(=O)CCCCCCCCCCC(C)CC. The lowest BCUT2D eigenvalue weighted by Gasteiger charge is -2.21. The van der Waals surface area contributed by atoms with Crippen molar-refractivity contribution in [3.8, 4) is 0 Å². The van der Waals surface area contributed by atoms with Crippen LogP contribution in [0.4, 0.5) is 0 Å². The van der Waals surface area contributed by atoms with Crippen molar-refractivity contribution in [1.29, 1.82) is 0 Å². The number of aliphatic hydroxyl groups is 1. The Balaban J connectivity index is 5.21. The molecule has 0 radical (unpaired) electrons. The second-order valence-electron chi connectivity index (χ2n) is 30.4. The van der Waals surface area contributed by atoms with Crippen LogP contribution in [0.15, 0.2) is 0 Å².